The molecule has 0 spiro atoms. The Kier molecular flexibility index (Phi) is 5.83. The predicted octanol–water partition coefficient (Wildman–Crippen LogP) is 4.35. The number of aromatic nitrogens is 1. The number of aryl methyl sites for hydroxylation is 4. The van der Waals surface area contributed by atoms with E-state index in [1.807, 2.05) is 45.9 Å². The number of anilines is 1. The molecule has 1 aromatic heterocycles. The van der Waals surface area contributed by atoms with Crippen molar-refractivity contribution in [2.24, 2.45) is 0 Å². The molecule has 146 valence electrons. The van der Waals surface area contributed by atoms with Crippen LogP contribution in [0.15, 0.2) is 47.4 Å². The van der Waals surface area contributed by atoms with Gasteiger partial charge in [-0.25, -0.2) is 0 Å². The fourth-order valence-corrected chi connectivity index (χ4v) is 3.53. The molecule has 1 amide bonds. The summed E-state index contributed by atoms with van der Waals surface area (Å²) in [7, 11) is 0. The van der Waals surface area contributed by atoms with Gasteiger partial charge in [0.1, 0.15) is 5.75 Å². The van der Waals surface area contributed by atoms with E-state index in [1.165, 1.54) is 0 Å². The zero-order valence-electron chi connectivity index (χ0n) is 16.8. The van der Waals surface area contributed by atoms with E-state index in [9.17, 15) is 9.59 Å². The number of carbonyl (C=O) groups excluding carboxylic acids is 1. The van der Waals surface area contributed by atoms with E-state index in [1.54, 1.807) is 29.0 Å². The highest BCUT2D eigenvalue weighted by Gasteiger charge is 2.11. The molecule has 5 nitrogen and oxygen atoms in total. The van der Waals surface area contributed by atoms with Gasteiger partial charge in [0.05, 0.1) is 5.39 Å². The van der Waals surface area contributed by atoms with Crippen molar-refractivity contribution in [2.75, 3.05) is 11.9 Å². The molecule has 3 rings (SSSR count). The third kappa shape index (κ3) is 4.09. The van der Waals surface area contributed by atoms with E-state index in [0.717, 1.165) is 34.2 Å². The number of ether oxygens (including phenoxy) is 1. The first-order valence-corrected chi connectivity index (χ1v) is 9.53. The summed E-state index contributed by atoms with van der Waals surface area (Å²) < 4.78 is 7.45. The number of benzene rings is 2. The number of fused-ring (bicyclic) bond motifs is 1. The zero-order chi connectivity index (χ0) is 20.3. The molecular weight excluding hydrogens is 352 g/mol. The Morgan fingerprint density at radius 2 is 1.79 bits per heavy atom. The molecule has 0 saturated carbocycles. The summed E-state index contributed by atoms with van der Waals surface area (Å²) in [6.07, 6.45) is 2.67. The summed E-state index contributed by atoms with van der Waals surface area (Å²) in [5.74, 6) is 0.303. The van der Waals surface area contributed by atoms with E-state index in [2.05, 4.69) is 5.32 Å². The number of amides is 1. The van der Waals surface area contributed by atoms with Gasteiger partial charge in [-0.1, -0.05) is 30.7 Å². The lowest BCUT2D eigenvalue weighted by molar-refractivity contribution is -0.118. The number of pyridine rings is 1. The lowest BCUT2D eigenvalue weighted by atomic mass is 10.1. The number of nitrogens with one attached hydrogen (secondary N) is 1. The average Bonchev–Trinajstić information content (AvgIpc) is 2.65. The Morgan fingerprint density at radius 3 is 2.46 bits per heavy atom. The van der Waals surface area contributed by atoms with Crippen molar-refractivity contribution in [1.29, 1.82) is 0 Å². The molecule has 2 aromatic carbocycles. The third-order valence-corrected chi connectivity index (χ3v) is 4.74. The molecule has 0 aliphatic heterocycles. The number of hydrogen-bond donors (Lipinski definition) is 1. The van der Waals surface area contributed by atoms with Crippen molar-refractivity contribution in [3.63, 3.8) is 0 Å². The highest BCUT2D eigenvalue weighted by atomic mass is 16.5. The summed E-state index contributed by atoms with van der Waals surface area (Å²) in [4.78, 5) is 25.0. The van der Waals surface area contributed by atoms with Crippen LogP contribution in [0.3, 0.4) is 0 Å². The van der Waals surface area contributed by atoms with Crippen LogP contribution in [-0.2, 0) is 11.3 Å². The molecule has 0 atom stereocenters. The van der Waals surface area contributed by atoms with Gasteiger partial charge in [0.2, 0.25) is 0 Å². The first-order chi connectivity index (χ1) is 13.4. The summed E-state index contributed by atoms with van der Waals surface area (Å²) in [5, 5.41) is 4.25. The van der Waals surface area contributed by atoms with Crippen molar-refractivity contribution in [2.45, 2.75) is 40.7 Å². The van der Waals surface area contributed by atoms with Crippen LogP contribution < -0.4 is 15.6 Å². The largest absolute Gasteiger partial charge is 0.483 e. The van der Waals surface area contributed by atoms with Gasteiger partial charge in [0, 0.05) is 23.8 Å². The van der Waals surface area contributed by atoms with Crippen LogP contribution in [0.1, 0.15) is 30.0 Å². The maximum atomic E-state index is 12.6. The minimum absolute atomic E-state index is 0.0415. The molecule has 1 heterocycles. The molecule has 0 bridgehead atoms. The van der Waals surface area contributed by atoms with Crippen LogP contribution in [0.25, 0.3) is 10.8 Å². The van der Waals surface area contributed by atoms with Gasteiger partial charge in [0.25, 0.3) is 11.5 Å². The van der Waals surface area contributed by atoms with Gasteiger partial charge in [0.15, 0.2) is 6.61 Å². The van der Waals surface area contributed by atoms with Crippen LogP contribution in [0.2, 0.25) is 0 Å². The van der Waals surface area contributed by atoms with Gasteiger partial charge in [-0.05, 0) is 56.5 Å². The Hall–Kier alpha value is -3.08. The molecule has 0 radical (unpaired) electrons. The molecule has 0 aliphatic carbocycles. The average molecular weight is 378 g/mol. The van der Waals surface area contributed by atoms with Crippen molar-refractivity contribution in [3.8, 4) is 5.75 Å². The van der Waals surface area contributed by atoms with E-state index in [4.69, 9.17) is 4.74 Å². The van der Waals surface area contributed by atoms with Crippen LogP contribution in [0, 0.1) is 20.8 Å². The minimum atomic E-state index is -0.230. The molecule has 0 unspecified atom stereocenters. The first kappa shape index (κ1) is 19.7. The second-order valence-corrected chi connectivity index (χ2v) is 7.14. The van der Waals surface area contributed by atoms with Crippen molar-refractivity contribution in [1.82, 2.24) is 4.57 Å². The number of carbonyl (C=O) groups is 1. The SMILES string of the molecule is CCCn1ccc2c(OCC(=O)Nc3c(C)cc(C)cc3C)cccc2c1=O. The predicted molar refractivity (Wildman–Crippen MR) is 113 cm³/mol. The van der Waals surface area contributed by atoms with Crippen molar-refractivity contribution < 1.29 is 9.53 Å². The van der Waals surface area contributed by atoms with E-state index in [-0.39, 0.29) is 18.1 Å². The van der Waals surface area contributed by atoms with Gasteiger partial charge >= 0.3 is 0 Å². The molecule has 0 aliphatic rings. The number of hydrogen-bond acceptors (Lipinski definition) is 3. The normalized spacial score (nSPS) is 10.9. The monoisotopic (exact) mass is 378 g/mol. The number of nitrogens with zero attached hydrogens (tertiary/aromatic N) is 1. The molecule has 28 heavy (non-hydrogen) atoms. The smallest absolute Gasteiger partial charge is 0.262 e. The van der Waals surface area contributed by atoms with Crippen molar-refractivity contribution in [3.05, 3.63) is 69.6 Å². The summed E-state index contributed by atoms with van der Waals surface area (Å²) >= 11 is 0. The topological polar surface area (TPSA) is 60.3 Å². The fourth-order valence-electron chi connectivity index (χ4n) is 3.53. The lowest BCUT2D eigenvalue weighted by Crippen LogP contribution is -2.22. The molecular formula is C23H26N2O3. The van der Waals surface area contributed by atoms with Gasteiger partial charge < -0.3 is 14.6 Å². The highest BCUT2D eigenvalue weighted by molar-refractivity contribution is 5.94. The molecule has 0 saturated heterocycles. The maximum Gasteiger partial charge on any atom is 0.262 e. The van der Waals surface area contributed by atoms with Crippen LogP contribution in [-0.4, -0.2) is 17.1 Å². The lowest BCUT2D eigenvalue weighted by Gasteiger charge is -2.14. The Bertz CT molecular complexity index is 1060. The Balaban J connectivity index is 1.78. The Labute approximate surface area is 165 Å². The van der Waals surface area contributed by atoms with Gasteiger partial charge in [-0.15, -0.1) is 0 Å². The van der Waals surface area contributed by atoms with Crippen molar-refractivity contribution >= 4 is 22.4 Å². The molecule has 5 heteroatoms. The van der Waals surface area contributed by atoms with Crippen LogP contribution in [0.5, 0.6) is 5.75 Å². The standard InChI is InChI=1S/C23H26N2O3/c1-5-10-25-11-9-18-19(23(25)27)7-6-8-20(18)28-14-21(26)24-22-16(3)12-15(2)13-17(22)4/h6-9,11-13H,5,10,14H2,1-4H3,(H,24,26). The fraction of sp³-hybridized carbons (Fsp3) is 0.304. The van der Waals surface area contributed by atoms with E-state index in [0.29, 0.717) is 17.7 Å². The van der Waals surface area contributed by atoms with E-state index < -0.39 is 0 Å². The zero-order valence-corrected chi connectivity index (χ0v) is 16.8. The molecule has 0 fully saturated rings. The summed E-state index contributed by atoms with van der Waals surface area (Å²) in [6, 6.07) is 11.3. The first-order valence-electron chi connectivity index (χ1n) is 9.53. The summed E-state index contributed by atoms with van der Waals surface area (Å²) in [5.41, 5.74) is 3.98. The molecule has 3 aromatic rings. The summed E-state index contributed by atoms with van der Waals surface area (Å²) in [6.45, 7) is 8.57. The van der Waals surface area contributed by atoms with Gasteiger partial charge in [-0.2, -0.15) is 0 Å². The van der Waals surface area contributed by atoms with E-state index >= 15 is 0 Å². The highest BCUT2D eigenvalue weighted by Crippen LogP contribution is 2.24. The maximum absolute atomic E-state index is 12.6. The second kappa shape index (κ2) is 8.30. The number of rotatable bonds is 6. The quantitative estimate of drug-likeness (QED) is 0.693. The van der Waals surface area contributed by atoms with Crippen LogP contribution >= 0.6 is 0 Å². The Morgan fingerprint density at radius 1 is 1.07 bits per heavy atom. The van der Waals surface area contributed by atoms with Gasteiger partial charge in [-0.3, -0.25) is 9.59 Å². The van der Waals surface area contributed by atoms with Crippen LogP contribution in [0.4, 0.5) is 5.69 Å². The molecule has 1 N–H and O–H groups in total. The minimum Gasteiger partial charge on any atom is -0.483 e. The third-order valence-electron chi connectivity index (χ3n) is 4.74. The second-order valence-electron chi connectivity index (χ2n) is 7.14.